The smallest absolute Gasteiger partial charge is 0.320 e. The molecule has 0 spiro atoms. The molecule has 0 saturated carbocycles. The fraction of sp³-hybridized carbons (Fsp3) is 0.176. The minimum absolute atomic E-state index is 0.140. The van der Waals surface area contributed by atoms with Crippen molar-refractivity contribution in [2.45, 2.75) is 13.5 Å². The number of amides is 2. The second-order valence-electron chi connectivity index (χ2n) is 5.36. The van der Waals surface area contributed by atoms with Crippen LogP contribution in [-0.2, 0) is 6.61 Å². The number of hydrogen-bond acceptors (Lipinski definition) is 6. The first-order valence-electron chi connectivity index (χ1n) is 7.94. The minimum atomic E-state index is -0.340. The number of rotatable bonds is 5. The number of anilines is 3. The standard InChI is InChI=1S/C17H17ClN6O2/c1-2-19-17(26)24-14-6-5-12-16(22-14)23-15(8-20-12)21-13-7-11(18)4-3-10(13)9-25/h3-8,25H,2,9H2,1H3,(H3,19,21,22,23,24,26). The average Bonchev–Trinajstić information content (AvgIpc) is 2.62. The maximum Gasteiger partial charge on any atom is 0.320 e. The summed E-state index contributed by atoms with van der Waals surface area (Å²) in [7, 11) is 0. The summed E-state index contributed by atoms with van der Waals surface area (Å²) in [6.07, 6.45) is 1.56. The van der Waals surface area contributed by atoms with E-state index in [0.29, 0.717) is 45.6 Å². The van der Waals surface area contributed by atoms with Crippen molar-refractivity contribution >= 4 is 46.1 Å². The zero-order valence-electron chi connectivity index (χ0n) is 14.0. The highest BCUT2D eigenvalue weighted by Crippen LogP contribution is 2.24. The van der Waals surface area contributed by atoms with Crippen molar-refractivity contribution in [3.63, 3.8) is 0 Å². The maximum absolute atomic E-state index is 11.6. The molecular weight excluding hydrogens is 356 g/mol. The Hall–Kier alpha value is -2.97. The zero-order chi connectivity index (χ0) is 18.5. The lowest BCUT2D eigenvalue weighted by atomic mass is 10.2. The highest BCUT2D eigenvalue weighted by Gasteiger charge is 2.08. The fourth-order valence-corrected chi connectivity index (χ4v) is 2.46. The van der Waals surface area contributed by atoms with Crippen LogP contribution < -0.4 is 16.0 Å². The van der Waals surface area contributed by atoms with Gasteiger partial charge in [-0.1, -0.05) is 17.7 Å². The van der Waals surface area contributed by atoms with Gasteiger partial charge in [0, 0.05) is 22.8 Å². The van der Waals surface area contributed by atoms with Gasteiger partial charge in [-0.05, 0) is 31.2 Å². The minimum Gasteiger partial charge on any atom is -0.392 e. The second kappa shape index (κ2) is 7.94. The van der Waals surface area contributed by atoms with E-state index >= 15 is 0 Å². The Morgan fingerprint density at radius 1 is 1.19 bits per heavy atom. The normalized spacial score (nSPS) is 10.6. The maximum atomic E-state index is 11.6. The number of halogens is 1. The van der Waals surface area contributed by atoms with E-state index < -0.39 is 0 Å². The van der Waals surface area contributed by atoms with Gasteiger partial charge in [-0.3, -0.25) is 5.32 Å². The molecule has 0 unspecified atom stereocenters. The van der Waals surface area contributed by atoms with Crippen molar-refractivity contribution in [2.75, 3.05) is 17.2 Å². The predicted molar refractivity (Wildman–Crippen MR) is 101 cm³/mol. The Morgan fingerprint density at radius 3 is 2.77 bits per heavy atom. The summed E-state index contributed by atoms with van der Waals surface area (Å²) in [5.74, 6) is 0.811. The number of benzene rings is 1. The molecule has 0 radical (unpaired) electrons. The van der Waals surface area contributed by atoms with Crippen LogP contribution in [0.4, 0.5) is 22.1 Å². The molecule has 2 heterocycles. The van der Waals surface area contributed by atoms with Crippen molar-refractivity contribution in [3.05, 3.63) is 47.1 Å². The summed E-state index contributed by atoms with van der Waals surface area (Å²) in [6.45, 7) is 2.20. The molecule has 134 valence electrons. The monoisotopic (exact) mass is 372 g/mol. The molecule has 0 aliphatic rings. The second-order valence-corrected chi connectivity index (χ2v) is 5.80. The van der Waals surface area contributed by atoms with Crippen LogP contribution in [0.2, 0.25) is 5.02 Å². The number of nitrogens with one attached hydrogen (secondary N) is 3. The van der Waals surface area contributed by atoms with E-state index in [1.165, 1.54) is 0 Å². The van der Waals surface area contributed by atoms with Crippen LogP contribution in [0.1, 0.15) is 12.5 Å². The van der Waals surface area contributed by atoms with Crippen LogP contribution in [-0.4, -0.2) is 32.6 Å². The number of aliphatic hydroxyl groups is 1. The molecule has 9 heteroatoms. The third-order valence-corrected chi connectivity index (χ3v) is 3.73. The molecule has 2 aromatic heterocycles. The Kier molecular flexibility index (Phi) is 5.45. The molecule has 0 fully saturated rings. The summed E-state index contributed by atoms with van der Waals surface area (Å²) < 4.78 is 0. The van der Waals surface area contributed by atoms with Gasteiger partial charge in [0.2, 0.25) is 0 Å². The number of nitrogens with zero attached hydrogens (tertiary/aromatic N) is 3. The fourth-order valence-electron chi connectivity index (χ4n) is 2.29. The summed E-state index contributed by atoms with van der Waals surface area (Å²) in [4.78, 5) is 24.6. The highest BCUT2D eigenvalue weighted by molar-refractivity contribution is 6.30. The van der Waals surface area contributed by atoms with Gasteiger partial charge in [0.15, 0.2) is 11.5 Å². The van der Waals surface area contributed by atoms with E-state index in [1.54, 1.807) is 36.5 Å². The number of carbonyl (C=O) groups is 1. The molecule has 1 aromatic carbocycles. The van der Waals surface area contributed by atoms with Crippen molar-refractivity contribution in [1.82, 2.24) is 20.3 Å². The van der Waals surface area contributed by atoms with Crippen LogP contribution in [0.25, 0.3) is 11.2 Å². The number of aliphatic hydroxyl groups excluding tert-OH is 1. The van der Waals surface area contributed by atoms with Gasteiger partial charge in [-0.25, -0.2) is 19.7 Å². The van der Waals surface area contributed by atoms with Gasteiger partial charge in [-0.2, -0.15) is 0 Å². The Bertz CT molecular complexity index is 950. The van der Waals surface area contributed by atoms with Crippen LogP contribution in [0.5, 0.6) is 0 Å². The molecule has 8 nitrogen and oxygen atoms in total. The first-order chi connectivity index (χ1) is 12.6. The van der Waals surface area contributed by atoms with E-state index in [1.807, 2.05) is 6.92 Å². The van der Waals surface area contributed by atoms with E-state index in [9.17, 15) is 9.90 Å². The van der Waals surface area contributed by atoms with E-state index in [4.69, 9.17) is 11.6 Å². The van der Waals surface area contributed by atoms with Gasteiger partial charge in [-0.15, -0.1) is 0 Å². The molecule has 4 N–H and O–H groups in total. The topological polar surface area (TPSA) is 112 Å². The number of fused-ring (bicyclic) bond motifs is 1. The van der Waals surface area contributed by atoms with Gasteiger partial charge in [0.25, 0.3) is 0 Å². The van der Waals surface area contributed by atoms with E-state index in [2.05, 4.69) is 30.9 Å². The van der Waals surface area contributed by atoms with Crippen LogP contribution >= 0.6 is 11.6 Å². The Balaban J connectivity index is 1.88. The van der Waals surface area contributed by atoms with Gasteiger partial charge >= 0.3 is 6.03 Å². The predicted octanol–water partition coefficient (Wildman–Crippen LogP) is 3.06. The average molecular weight is 373 g/mol. The van der Waals surface area contributed by atoms with Crippen molar-refractivity contribution < 1.29 is 9.90 Å². The summed E-state index contributed by atoms with van der Waals surface area (Å²) in [5.41, 5.74) is 2.27. The van der Waals surface area contributed by atoms with E-state index in [-0.39, 0.29) is 12.6 Å². The molecule has 0 bridgehead atoms. The molecule has 0 saturated heterocycles. The largest absolute Gasteiger partial charge is 0.392 e. The van der Waals surface area contributed by atoms with Gasteiger partial charge in [0.1, 0.15) is 11.3 Å². The number of hydrogen-bond donors (Lipinski definition) is 4. The molecule has 0 aliphatic heterocycles. The molecular formula is C17H17ClN6O2. The van der Waals surface area contributed by atoms with Gasteiger partial charge < -0.3 is 15.7 Å². The lowest BCUT2D eigenvalue weighted by molar-refractivity contribution is 0.252. The summed E-state index contributed by atoms with van der Waals surface area (Å²) in [6, 6.07) is 8.16. The van der Waals surface area contributed by atoms with E-state index in [0.717, 1.165) is 0 Å². The van der Waals surface area contributed by atoms with Crippen LogP contribution in [0.15, 0.2) is 36.5 Å². The first kappa shape index (κ1) is 17.8. The van der Waals surface area contributed by atoms with Crippen molar-refractivity contribution in [3.8, 4) is 0 Å². The first-order valence-corrected chi connectivity index (χ1v) is 8.32. The van der Waals surface area contributed by atoms with Crippen LogP contribution in [0.3, 0.4) is 0 Å². The molecule has 3 rings (SSSR count). The lowest BCUT2D eigenvalue weighted by Gasteiger charge is -2.11. The molecule has 0 aliphatic carbocycles. The Morgan fingerprint density at radius 2 is 2.00 bits per heavy atom. The Labute approximate surface area is 154 Å². The van der Waals surface area contributed by atoms with Crippen molar-refractivity contribution in [1.29, 1.82) is 0 Å². The highest BCUT2D eigenvalue weighted by atomic mass is 35.5. The third-order valence-electron chi connectivity index (χ3n) is 3.49. The number of urea groups is 1. The summed E-state index contributed by atoms with van der Waals surface area (Å²) >= 11 is 6.01. The quantitative estimate of drug-likeness (QED) is 0.547. The molecule has 2 amide bonds. The molecule has 26 heavy (non-hydrogen) atoms. The zero-order valence-corrected chi connectivity index (χ0v) is 14.7. The third kappa shape index (κ3) is 4.16. The number of aromatic nitrogens is 3. The number of carbonyl (C=O) groups excluding carboxylic acids is 1. The number of pyridine rings is 1. The molecule has 0 atom stereocenters. The lowest BCUT2D eigenvalue weighted by Crippen LogP contribution is -2.28. The van der Waals surface area contributed by atoms with Crippen molar-refractivity contribution in [2.24, 2.45) is 0 Å². The van der Waals surface area contributed by atoms with Gasteiger partial charge in [0.05, 0.1) is 12.8 Å². The SMILES string of the molecule is CCNC(=O)Nc1ccc2ncc(Nc3cc(Cl)ccc3CO)nc2n1. The summed E-state index contributed by atoms with van der Waals surface area (Å²) in [5, 5.41) is 18.3. The van der Waals surface area contributed by atoms with Crippen LogP contribution in [0, 0.1) is 0 Å². The molecule has 3 aromatic rings.